The number of anilines is 1. The number of nitrogens with zero attached hydrogens (tertiary/aromatic N) is 6. The molecule has 0 radical (unpaired) electrons. The summed E-state index contributed by atoms with van der Waals surface area (Å²) in [5.74, 6) is 2.17. The summed E-state index contributed by atoms with van der Waals surface area (Å²) in [5, 5.41) is 13.7. The Kier molecular flexibility index (Phi) is 7.15. The van der Waals surface area contributed by atoms with Crippen LogP contribution in [0, 0.1) is 0 Å². The van der Waals surface area contributed by atoms with E-state index in [4.69, 9.17) is 9.47 Å². The van der Waals surface area contributed by atoms with Crippen LogP contribution in [0.4, 0.5) is 5.69 Å². The van der Waals surface area contributed by atoms with Crippen LogP contribution in [0.2, 0.25) is 0 Å². The average molecular weight is 538 g/mol. The van der Waals surface area contributed by atoms with E-state index in [0.717, 1.165) is 41.0 Å². The fourth-order valence-electron chi connectivity index (χ4n) is 5.41. The Bertz CT molecular complexity index is 1660. The van der Waals surface area contributed by atoms with Crippen molar-refractivity contribution in [3.8, 4) is 11.5 Å². The number of nitrogens with one attached hydrogen (secondary N) is 1. The van der Waals surface area contributed by atoms with Gasteiger partial charge in [0, 0.05) is 37.8 Å². The van der Waals surface area contributed by atoms with Gasteiger partial charge in [0.1, 0.15) is 17.5 Å². The van der Waals surface area contributed by atoms with Gasteiger partial charge in [-0.05, 0) is 51.7 Å². The monoisotopic (exact) mass is 537 g/mol. The molecule has 10 heteroatoms. The summed E-state index contributed by atoms with van der Waals surface area (Å²) in [5.41, 5.74) is 3.29. The fraction of sp³-hybridized carbons (Fsp3) is 0.267. The lowest BCUT2D eigenvalue weighted by molar-refractivity contribution is 0.200. The van der Waals surface area contributed by atoms with Crippen LogP contribution in [0.3, 0.4) is 0 Å². The molecule has 0 bridgehead atoms. The van der Waals surface area contributed by atoms with Crippen LogP contribution in [-0.2, 0) is 6.54 Å². The summed E-state index contributed by atoms with van der Waals surface area (Å²) in [7, 11) is 3.31. The van der Waals surface area contributed by atoms with Crippen LogP contribution in [0.15, 0.2) is 83.7 Å². The van der Waals surface area contributed by atoms with Gasteiger partial charge in [0.15, 0.2) is 5.82 Å². The highest BCUT2D eigenvalue weighted by Gasteiger charge is 2.33. The Morgan fingerprint density at radius 3 is 2.45 bits per heavy atom. The molecule has 0 aliphatic carbocycles. The van der Waals surface area contributed by atoms with Gasteiger partial charge in [-0.2, -0.15) is 0 Å². The second-order valence-electron chi connectivity index (χ2n) is 9.78. The third kappa shape index (κ3) is 5.01. The summed E-state index contributed by atoms with van der Waals surface area (Å²) in [6, 6.07) is 25.3. The molecule has 6 rings (SSSR count). The largest absolute Gasteiger partial charge is 0.497 e. The van der Waals surface area contributed by atoms with Gasteiger partial charge in [-0.1, -0.05) is 42.5 Å². The second kappa shape index (κ2) is 11.2. The first-order valence-electron chi connectivity index (χ1n) is 13.3. The minimum absolute atomic E-state index is 0.174. The first-order valence-corrected chi connectivity index (χ1v) is 13.3. The maximum Gasteiger partial charge on any atom is 0.253 e. The van der Waals surface area contributed by atoms with Gasteiger partial charge in [-0.25, -0.2) is 4.68 Å². The van der Waals surface area contributed by atoms with Crippen LogP contribution < -0.4 is 19.9 Å². The third-order valence-electron chi connectivity index (χ3n) is 7.46. The third-order valence-corrected chi connectivity index (χ3v) is 7.46. The van der Waals surface area contributed by atoms with Crippen LogP contribution in [0.25, 0.3) is 10.9 Å². The molecule has 1 N–H and O–H groups in total. The van der Waals surface area contributed by atoms with Crippen molar-refractivity contribution < 1.29 is 9.47 Å². The maximum absolute atomic E-state index is 13.6. The topological polar surface area (TPSA) is 101 Å². The van der Waals surface area contributed by atoms with E-state index in [-0.39, 0.29) is 5.56 Å². The van der Waals surface area contributed by atoms with Crippen LogP contribution in [0.1, 0.15) is 23.0 Å². The van der Waals surface area contributed by atoms with Gasteiger partial charge < -0.3 is 19.4 Å². The number of ether oxygens (including phenoxy) is 2. The molecule has 1 saturated heterocycles. The van der Waals surface area contributed by atoms with Crippen LogP contribution >= 0.6 is 0 Å². The molecule has 1 aliphatic heterocycles. The Hall–Kier alpha value is -4.70. The molecule has 0 saturated carbocycles. The minimum atomic E-state index is -0.436. The highest BCUT2D eigenvalue weighted by atomic mass is 16.5. The number of piperazine rings is 1. The van der Waals surface area contributed by atoms with Gasteiger partial charge in [-0.3, -0.25) is 9.69 Å². The minimum Gasteiger partial charge on any atom is -0.497 e. The van der Waals surface area contributed by atoms with E-state index in [1.807, 2.05) is 72.8 Å². The number of tetrazole rings is 1. The van der Waals surface area contributed by atoms with Crippen molar-refractivity contribution in [2.75, 3.05) is 45.3 Å². The first kappa shape index (κ1) is 25.6. The number of H-pyrrole nitrogens is 1. The number of aromatic nitrogens is 5. The van der Waals surface area contributed by atoms with Gasteiger partial charge >= 0.3 is 0 Å². The van der Waals surface area contributed by atoms with E-state index in [1.165, 1.54) is 0 Å². The molecular formula is C30H31N7O3. The van der Waals surface area contributed by atoms with E-state index >= 15 is 0 Å². The standard InChI is InChI=1S/C30H31N7O3/c1-39-23-13-12-22-18-24(30(38)31-25(22)19-23)28(29-32-33-34-37(29)20-21-8-4-3-5-9-21)36-16-14-35(15-17-36)26-10-6-7-11-27(26)40-2/h3-13,18-19,28H,14-17,20H2,1-2H3,(H,31,38)/t28-/m0/s1. The molecule has 3 heterocycles. The summed E-state index contributed by atoms with van der Waals surface area (Å²) >= 11 is 0. The zero-order valence-corrected chi connectivity index (χ0v) is 22.5. The van der Waals surface area contributed by atoms with Gasteiger partial charge in [0.2, 0.25) is 0 Å². The van der Waals surface area contributed by atoms with Crippen molar-refractivity contribution in [1.29, 1.82) is 0 Å². The number of aromatic amines is 1. The normalized spacial score (nSPS) is 14.8. The zero-order valence-electron chi connectivity index (χ0n) is 22.5. The molecule has 204 valence electrons. The van der Waals surface area contributed by atoms with Crippen molar-refractivity contribution in [2.45, 2.75) is 12.6 Å². The number of rotatable bonds is 8. The lowest BCUT2D eigenvalue weighted by Gasteiger charge is -2.40. The van der Waals surface area contributed by atoms with Crippen molar-refractivity contribution in [2.24, 2.45) is 0 Å². The summed E-state index contributed by atoms with van der Waals surface area (Å²) in [6.07, 6.45) is 0. The molecule has 0 spiro atoms. The molecule has 2 aromatic heterocycles. The van der Waals surface area contributed by atoms with E-state index in [2.05, 4.69) is 36.4 Å². The van der Waals surface area contributed by atoms with Gasteiger partial charge in [0.05, 0.1) is 32.0 Å². The van der Waals surface area contributed by atoms with Crippen molar-refractivity contribution in [3.63, 3.8) is 0 Å². The molecule has 3 aromatic carbocycles. The quantitative estimate of drug-likeness (QED) is 0.321. The highest BCUT2D eigenvalue weighted by Crippen LogP contribution is 2.32. The number of benzene rings is 3. The lowest BCUT2D eigenvalue weighted by atomic mass is 10.0. The molecule has 5 aromatic rings. The molecule has 40 heavy (non-hydrogen) atoms. The van der Waals surface area contributed by atoms with E-state index in [9.17, 15) is 4.79 Å². The number of methoxy groups -OCH3 is 2. The van der Waals surface area contributed by atoms with Crippen molar-refractivity contribution in [1.82, 2.24) is 30.1 Å². The Morgan fingerprint density at radius 1 is 0.900 bits per heavy atom. The number of hydrogen-bond acceptors (Lipinski definition) is 8. The zero-order chi connectivity index (χ0) is 27.5. The molecule has 1 fully saturated rings. The molecule has 1 atom stereocenters. The summed E-state index contributed by atoms with van der Waals surface area (Å²) < 4.78 is 12.8. The van der Waals surface area contributed by atoms with Gasteiger partial charge in [-0.15, -0.1) is 5.10 Å². The number of para-hydroxylation sites is 2. The number of fused-ring (bicyclic) bond motifs is 1. The average Bonchev–Trinajstić information content (AvgIpc) is 3.45. The Balaban J connectivity index is 1.38. The second-order valence-corrected chi connectivity index (χ2v) is 9.78. The molecule has 1 aliphatic rings. The molecule has 10 nitrogen and oxygen atoms in total. The van der Waals surface area contributed by atoms with Crippen molar-refractivity contribution >= 4 is 16.6 Å². The van der Waals surface area contributed by atoms with Gasteiger partial charge in [0.25, 0.3) is 5.56 Å². The molecule has 0 amide bonds. The van der Waals surface area contributed by atoms with E-state index in [0.29, 0.717) is 36.8 Å². The molecule has 0 unspecified atom stereocenters. The Labute approximate surface area is 231 Å². The molecular weight excluding hydrogens is 506 g/mol. The van der Waals surface area contributed by atoms with Crippen LogP contribution in [0.5, 0.6) is 11.5 Å². The fourth-order valence-corrected chi connectivity index (χ4v) is 5.41. The lowest BCUT2D eigenvalue weighted by Crippen LogP contribution is -2.49. The predicted molar refractivity (Wildman–Crippen MR) is 153 cm³/mol. The maximum atomic E-state index is 13.6. The van der Waals surface area contributed by atoms with E-state index in [1.54, 1.807) is 18.9 Å². The smallest absolute Gasteiger partial charge is 0.253 e. The van der Waals surface area contributed by atoms with Crippen molar-refractivity contribution in [3.05, 3.63) is 106 Å². The number of hydrogen-bond donors (Lipinski definition) is 1. The highest BCUT2D eigenvalue weighted by molar-refractivity contribution is 5.80. The Morgan fingerprint density at radius 2 is 1.68 bits per heavy atom. The van der Waals surface area contributed by atoms with Crippen LogP contribution in [-0.4, -0.2) is 70.5 Å². The summed E-state index contributed by atoms with van der Waals surface area (Å²) in [6.45, 7) is 3.45. The summed E-state index contributed by atoms with van der Waals surface area (Å²) in [4.78, 5) is 21.3. The SMILES string of the molecule is COc1ccc2cc([C@@H](c3nnnn3Cc3ccccc3)N3CCN(c4ccccc4OC)CC3)c(=O)[nH]c2c1. The first-order chi connectivity index (χ1) is 19.6. The predicted octanol–water partition coefficient (Wildman–Crippen LogP) is 3.49. The number of pyridine rings is 1. The van der Waals surface area contributed by atoms with E-state index < -0.39 is 6.04 Å².